The fourth-order valence-electron chi connectivity index (χ4n) is 2.90. The van der Waals surface area contributed by atoms with E-state index in [4.69, 9.17) is 0 Å². The number of hydrogen-bond acceptors (Lipinski definition) is 3. The van der Waals surface area contributed by atoms with E-state index in [1.165, 1.54) is 12.3 Å². The number of carbonyl (C=O) groups excluding carboxylic acids is 2. The van der Waals surface area contributed by atoms with Crippen LogP contribution in [0.4, 0.5) is 0 Å². The minimum atomic E-state index is -0.310. The molecule has 0 aliphatic carbocycles. The lowest BCUT2D eigenvalue weighted by Gasteiger charge is -2.08. The van der Waals surface area contributed by atoms with Crippen LogP contribution in [-0.4, -0.2) is 16.8 Å². The molecule has 3 rings (SSSR count). The summed E-state index contributed by atoms with van der Waals surface area (Å²) in [7, 11) is 0. The van der Waals surface area contributed by atoms with E-state index < -0.39 is 0 Å². The minimum absolute atomic E-state index is 0.218. The van der Waals surface area contributed by atoms with Gasteiger partial charge < -0.3 is 10.6 Å². The lowest BCUT2D eigenvalue weighted by atomic mass is 10.1. The van der Waals surface area contributed by atoms with Crippen molar-refractivity contribution in [3.05, 3.63) is 100 Å². The van der Waals surface area contributed by atoms with E-state index in [0.717, 1.165) is 22.3 Å². The Bertz CT molecular complexity index is 922. The topological polar surface area (TPSA) is 71.1 Å². The Morgan fingerprint density at radius 1 is 0.786 bits per heavy atom. The molecule has 2 amide bonds. The maximum absolute atomic E-state index is 12.4. The smallest absolute Gasteiger partial charge is 0.270 e. The number of nitrogens with zero attached hydrogens (tertiary/aromatic N) is 1. The molecule has 2 aromatic carbocycles. The molecule has 0 radical (unpaired) electrons. The Morgan fingerprint density at radius 3 is 1.93 bits per heavy atom. The van der Waals surface area contributed by atoms with Crippen LogP contribution in [0.5, 0.6) is 0 Å². The summed E-state index contributed by atoms with van der Waals surface area (Å²) in [5.74, 6) is -0.550. The Balaban J connectivity index is 1.60. The molecule has 28 heavy (non-hydrogen) atoms. The first-order valence-corrected chi connectivity index (χ1v) is 9.15. The number of nitrogens with one attached hydrogen (secondary N) is 2. The number of carbonyl (C=O) groups is 2. The van der Waals surface area contributed by atoms with Crippen molar-refractivity contribution < 1.29 is 9.59 Å². The number of rotatable bonds is 6. The SMILES string of the molecule is Cc1cccc(CNC(=O)c2ccnc(C(=O)NCc3cccc(C)c3)c2)c1. The van der Waals surface area contributed by atoms with Crippen molar-refractivity contribution in [3.8, 4) is 0 Å². The van der Waals surface area contributed by atoms with Gasteiger partial charge in [-0.3, -0.25) is 14.6 Å². The molecule has 0 unspecified atom stereocenters. The van der Waals surface area contributed by atoms with E-state index in [2.05, 4.69) is 15.6 Å². The molecule has 0 aliphatic rings. The van der Waals surface area contributed by atoms with Crippen LogP contribution in [0.15, 0.2) is 66.9 Å². The molecule has 0 spiro atoms. The standard InChI is InChI=1S/C23H23N3O2/c1-16-5-3-7-18(11-16)14-25-22(27)20-9-10-24-21(13-20)23(28)26-15-19-8-4-6-17(2)12-19/h3-13H,14-15H2,1-2H3,(H,25,27)(H,26,28). The maximum atomic E-state index is 12.4. The van der Waals surface area contributed by atoms with Gasteiger partial charge in [-0.2, -0.15) is 0 Å². The average Bonchev–Trinajstić information content (AvgIpc) is 2.70. The zero-order valence-electron chi connectivity index (χ0n) is 16.0. The molecule has 0 saturated carbocycles. The first kappa shape index (κ1) is 19.3. The van der Waals surface area contributed by atoms with E-state index >= 15 is 0 Å². The predicted molar refractivity (Wildman–Crippen MR) is 109 cm³/mol. The highest BCUT2D eigenvalue weighted by atomic mass is 16.2. The Kier molecular flexibility index (Phi) is 6.17. The summed E-state index contributed by atoms with van der Waals surface area (Å²) in [5, 5.41) is 5.71. The Hall–Kier alpha value is -3.47. The first-order valence-electron chi connectivity index (χ1n) is 9.15. The van der Waals surface area contributed by atoms with Crippen molar-refractivity contribution in [1.82, 2.24) is 15.6 Å². The van der Waals surface area contributed by atoms with Crippen molar-refractivity contribution in [2.45, 2.75) is 26.9 Å². The monoisotopic (exact) mass is 373 g/mol. The largest absolute Gasteiger partial charge is 0.348 e. The van der Waals surface area contributed by atoms with Gasteiger partial charge >= 0.3 is 0 Å². The number of pyridine rings is 1. The second-order valence-electron chi connectivity index (χ2n) is 6.77. The van der Waals surface area contributed by atoms with Gasteiger partial charge in [-0.1, -0.05) is 59.7 Å². The lowest BCUT2D eigenvalue weighted by molar-refractivity contribution is 0.0946. The normalized spacial score (nSPS) is 10.4. The summed E-state index contributed by atoms with van der Waals surface area (Å²) < 4.78 is 0. The minimum Gasteiger partial charge on any atom is -0.348 e. The van der Waals surface area contributed by atoms with E-state index in [1.807, 2.05) is 62.4 Å². The quantitative estimate of drug-likeness (QED) is 0.694. The fraction of sp³-hybridized carbons (Fsp3) is 0.174. The zero-order chi connectivity index (χ0) is 19.9. The summed E-state index contributed by atoms with van der Waals surface area (Å²) in [5.41, 5.74) is 4.94. The van der Waals surface area contributed by atoms with Gasteiger partial charge in [-0.25, -0.2) is 0 Å². The molecule has 2 N–H and O–H groups in total. The van der Waals surface area contributed by atoms with Crippen LogP contribution in [0.25, 0.3) is 0 Å². The number of aromatic nitrogens is 1. The van der Waals surface area contributed by atoms with Gasteiger partial charge in [-0.05, 0) is 37.1 Å². The molecule has 1 aromatic heterocycles. The number of hydrogen-bond donors (Lipinski definition) is 2. The molecular formula is C23H23N3O2. The van der Waals surface area contributed by atoms with Gasteiger partial charge in [0.15, 0.2) is 0 Å². The highest BCUT2D eigenvalue weighted by molar-refractivity contribution is 5.98. The number of benzene rings is 2. The third-order valence-corrected chi connectivity index (χ3v) is 4.33. The van der Waals surface area contributed by atoms with Crippen LogP contribution in [0, 0.1) is 13.8 Å². The van der Waals surface area contributed by atoms with Crippen LogP contribution < -0.4 is 10.6 Å². The Morgan fingerprint density at radius 2 is 1.36 bits per heavy atom. The van der Waals surface area contributed by atoms with Crippen molar-refractivity contribution in [2.75, 3.05) is 0 Å². The van der Waals surface area contributed by atoms with Gasteiger partial charge in [0.1, 0.15) is 5.69 Å². The van der Waals surface area contributed by atoms with Crippen molar-refractivity contribution in [2.24, 2.45) is 0 Å². The van der Waals surface area contributed by atoms with E-state index in [0.29, 0.717) is 18.7 Å². The highest BCUT2D eigenvalue weighted by Gasteiger charge is 2.12. The number of aryl methyl sites for hydroxylation is 2. The van der Waals surface area contributed by atoms with Crippen LogP contribution in [0.2, 0.25) is 0 Å². The third kappa shape index (κ3) is 5.27. The lowest BCUT2D eigenvalue weighted by Crippen LogP contribution is -2.26. The predicted octanol–water partition coefficient (Wildman–Crippen LogP) is 3.56. The third-order valence-electron chi connectivity index (χ3n) is 4.33. The first-order chi connectivity index (χ1) is 13.5. The average molecular weight is 373 g/mol. The van der Waals surface area contributed by atoms with Crippen LogP contribution >= 0.6 is 0 Å². The summed E-state index contributed by atoms with van der Waals surface area (Å²) >= 11 is 0. The van der Waals surface area contributed by atoms with E-state index in [9.17, 15) is 9.59 Å². The molecule has 0 saturated heterocycles. The van der Waals surface area contributed by atoms with E-state index in [1.54, 1.807) is 6.07 Å². The molecule has 3 aromatic rings. The molecular weight excluding hydrogens is 350 g/mol. The number of amides is 2. The van der Waals surface area contributed by atoms with Gasteiger partial charge in [0.25, 0.3) is 11.8 Å². The van der Waals surface area contributed by atoms with Gasteiger partial charge in [0.05, 0.1) is 0 Å². The highest BCUT2D eigenvalue weighted by Crippen LogP contribution is 2.07. The summed E-state index contributed by atoms with van der Waals surface area (Å²) in [4.78, 5) is 28.9. The van der Waals surface area contributed by atoms with Crippen LogP contribution in [-0.2, 0) is 13.1 Å². The van der Waals surface area contributed by atoms with Crippen molar-refractivity contribution >= 4 is 11.8 Å². The second kappa shape index (κ2) is 8.95. The molecule has 0 aliphatic heterocycles. The summed E-state index contributed by atoms with van der Waals surface area (Å²) in [6, 6.07) is 19.0. The molecule has 142 valence electrons. The van der Waals surface area contributed by atoms with Crippen molar-refractivity contribution in [1.29, 1.82) is 0 Å². The molecule has 5 heteroatoms. The fourth-order valence-corrected chi connectivity index (χ4v) is 2.90. The maximum Gasteiger partial charge on any atom is 0.270 e. The van der Waals surface area contributed by atoms with Gasteiger partial charge in [0.2, 0.25) is 0 Å². The van der Waals surface area contributed by atoms with Crippen LogP contribution in [0.3, 0.4) is 0 Å². The van der Waals surface area contributed by atoms with E-state index in [-0.39, 0.29) is 17.5 Å². The summed E-state index contributed by atoms with van der Waals surface area (Å²) in [6.45, 7) is 4.85. The second-order valence-corrected chi connectivity index (χ2v) is 6.77. The molecule has 0 fully saturated rings. The zero-order valence-corrected chi connectivity index (χ0v) is 16.0. The van der Waals surface area contributed by atoms with Gasteiger partial charge in [0, 0.05) is 24.8 Å². The molecule has 0 bridgehead atoms. The Labute approximate surface area is 164 Å². The van der Waals surface area contributed by atoms with Crippen molar-refractivity contribution in [3.63, 3.8) is 0 Å². The summed E-state index contributed by atoms with van der Waals surface area (Å²) in [6.07, 6.45) is 1.48. The van der Waals surface area contributed by atoms with Crippen LogP contribution in [0.1, 0.15) is 43.1 Å². The molecule has 5 nitrogen and oxygen atoms in total. The molecule has 1 heterocycles. The molecule has 0 atom stereocenters. The van der Waals surface area contributed by atoms with Gasteiger partial charge in [-0.15, -0.1) is 0 Å².